The SMILES string of the molecule is Cc1nc(-c2ccco2)ccc1C(=O)NC1(C(=O)O)CCC(C)CC1. The quantitative estimate of drug-likeness (QED) is 0.888. The number of carbonyl (C=O) groups excluding carboxylic acids is 1. The first-order chi connectivity index (χ1) is 11.9. The fraction of sp³-hybridized carbons (Fsp3) is 0.421. The van der Waals surface area contributed by atoms with E-state index in [9.17, 15) is 14.7 Å². The van der Waals surface area contributed by atoms with Gasteiger partial charge in [0.1, 0.15) is 11.2 Å². The summed E-state index contributed by atoms with van der Waals surface area (Å²) in [6, 6.07) is 6.94. The number of carboxylic acids is 1. The van der Waals surface area contributed by atoms with E-state index < -0.39 is 17.4 Å². The molecule has 2 N–H and O–H groups in total. The van der Waals surface area contributed by atoms with Gasteiger partial charge in [-0.25, -0.2) is 9.78 Å². The molecule has 0 spiro atoms. The molecule has 2 heterocycles. The molecule has 0 radical (unpaired) electrons. The molecule has 1 aliphatic carbocycles. The molecule has 25 heavy (non-hydrogen) atoms. The highest BCUT2D eigenvalue weighted by atomic mass is 16.4. The predicted molar refractivity (Wildman–Crippen MR) is 92.1 cm³/mol. The largest absolute Gasteiger partial charge is 0.480 e. The molecule has 3 rings (SSSR count). The van der Waals surface area contributed by atoms with Crippen molar-refractivity contribution in [3.05, 3.63) is 41.8 Å². The van der Waals surface area contributed by atoms with Crippen LogP contribution in [0.5, 0.6) is 0 Å². The highest BCUT2D eigenvalue weighted by Crippen LogP contribution is 2.32. The van der Waals surface area contributed by atoms with E-state index >= 15 is 0 Å². The van der Waals surface area contributed by atoms with Gasteiger partial charge in [-0.3, -0.25) is 4.79 Å². The van der Waals surface area contributed by atoms with Crippen molar-refractivity contribution in [1.29, 1.82) is 0 Å². The molecule has 2 aromatic rings. The maximum Gasteiger partial charge on any atom is 0.329 e. The van der Waals surface area contributed by atoms with Crippen LogP contribution in [0.1, 0.15) is 48.7 Å². The van der Waals surface area contributed by atoms with Crippen LogP contribution in [0.2, 0.25) is 0 Å². The number of pyridine rings is 1. The van der Waals surface area contributed by atoms with Crippen LogP contribution in [0.25, 0.3) is 11.5 Å². The van der Waals surface area contributed by atoms with E-state index in [0.717, 1.165) is 12.8 Å². The zero-order valence-electron chi connectivity index (χ0n) is 14.4. The van der Waals surface area contributed by atoms with Gasteiger partial charge in [0.15, 0.2) is 5.76 Å². The first-order valence-corrected chi connectivity index (χ1v) is 8.49. The van der Waals surface area contributed by atoms with E-state index in [0.29, 0.717) is 41.5 Å². The zero-order chi connectivity index (χ0) is 18.0. The Balaban J connectivity index is 1.82. The number of hydrogen-bond acceptors (Lipinski definition) is 4. The monoisotopic (exact) mass is 342 g/mol. The van der Waals surface area contributed by atoms with Crippen molar-refractivity contribution < 1.29 is 19.1 Å². The van der Waals surface area contributed by atoms with Crippen molar-refractivity contribution in [2.24, 2.45) is 5.92 Å². The van der Waals surface area contributed by atoms with Gasteiger partial charge in [0.2, 0.25) is 0 Å². The topological polar surface area (TPSA) is 92.4 Å². The summed E-state index contributed by atoms with van der Waals surface area (Å²) in [4.78, 5) is 28.9. The van der Waals surface area contributed by atoms with Crippen LogP contribution in [-0.4, -0.2) is 27.5 Å². The summed E-state index contributed by atoms with van der Waals surface area (Å²) < 4.78 is 5.31. The Morgan fingerprint density at radius 3 is 2.56 bits per heavy atom. The van der Waals surface area contributed by atoms with E-state index in [1.165, 1.54) is 0 Å². The van der Waals surface area contributed by atoms with Gasteiger partial charge in [-0.05, 0) is 62.8 Å². The molecule has 1 aliphatic rings. The Morgan fingerprint density at radius 1 is 1.28 bits per heavy atom. The lowest BCUT2D eigenvalue weighted by atomic mass is 9.77. The number of carbonyl (C=O) groups is 2. The minimum atomic E-state index is -1.18. The molecular weight excluding hydrogens is 320 g/mol. The van der Waals surface area contributed by atoms with E-state index in [-0.39, 0.29) is 0 Å². The van der Waals surface area contributed by atoms with Crippen LogP contribution in [0.3, 0.4) is 0 Å². The number of rotatable bonds is 4. The Bertz CT molecular complexity index is 775. The number of nitrogens with zero attached hydrogens (tertiary/aromatic N) is 1. The van der Waals surface area contributed by atoms with Crippen LogP contribution < -0.4 is 5.32 Å². The number of furan rings is 1. The summed E-state index contributed by atoms with van der Waals surface area (Å²) in [6.07, 6.45) is 4.05. The molecule has 6 nitrogen and oxygen atoms in total. The first kappa shape index (κ1) is 17.2. The Labute approximate surface area is 146 Å². The van der Waals surface area contributed by atoms with Crippen LogP contribution >= 0.6 is 0 Å². The van der Waals surface area contributed by atoms with Gasteiger partial charge in [0, 0.05) is 0 Å². The molecule has 0 unspecified atom stereocenters. The van der Waals surface area contributed by atoms with Gasteiger partial charge >= 0.3 is 5.97 Å². The van der Waals surface area contributed by atoms with Gasteiger partial charge in [0.25, 0.3) is 5.91 Å². The molecule has 0 atom stereocenters. The highest BCUT2D eigenvalue weighted by Gasteiger charge is 2.42. The molecule has 0 aromatic carbocycles. The highest BCUT2D eigenvalue weighted by molar-refractivity contribution is 5.98. The molecule has 132 valence electrons. The molecule has 0 bridgehead atoms. The van der Waals surface area contributed by atoms with Crippen molar-refractivity contribution in [3.63, 3.8) is 0 Å². The van der Waals surface area contributed by atoms with Crippen molar-refractivity contribution in [1.82, 2.24) is 10.3 Å². The first-order valence-electron chi connectivity index (χ1n) is 8.49. The summed E-state index contributed by atoms with van der Waals surface area (Å²) in [5, 5.41) is 12.4. The fourth-order valence-electron chi connectivity index (χ4n) is 3.29. The normalized spacial score (nSPS) is 23.2. The zero-order valence-corrected chi connectivity index (χ0v) is 14.4. The number of amides is 1. The summed E-state index contributed by atoms with van der Waals surface area (Å²) in [5.74, 6) is -0.253. The number of nitrogens with one attached hydrogen (secondary N) is 1. The number of carboxylic acid groups (broad SMARTS) is 1. The van der Waals surface area contributed by atoms with Crippen molar-refractivity contribution in [3.8, 4) is 11.5 Å². The summed E-state index contributed by atoms with van der Waals surface area (Å²) in [5.41, 5.74) is 0.375. The third kappa shape index (κ3) is 3.43. The van der Waals surface area contributed by atoms with E-state index in [1.54, 1.807) is 37.5 Å². The lowest BCUT2D eigenvalue weighted by molar-refractivity contribution is -0.146. The maximum absolute atomic E-state index is 12.7. The lowest BCUT2D eigenvalue weighted by Crippen LogP contribution is -2.56. The number of aliphatic carboxylic acids is 1. The molecular formula is C19H22N2O4. The average molecular weight is 342 g/mol. The number of aryl methyl sites for hydroxylation is 1. The molecule has 0 aliphatic heterocycles. The minimum absolute atomic E-state index is 0.384. The van der Waals surface area contributed by atoms with Crippen molar-refractivity contribution in [2.45, 2.75) is 45.1 Å². The van der Waals surface area contributed by atoms with Crippen LogP contribution in [0.4, 0.5) is 0 Å². The van der Waals surface area contributed by atoms with E-state index in [4.69, 9.17) is 4.42 Å². The molecule has 0 saturated heterocycles. The summed E-state index contributed by atoms with van der Waals surface area (Å²) >= 11 is 0. The van der Waals surface area contributed by atoms with Crippen molar-refractivity contribution in [2.75, 3.05) is 0 Å². The van der Waals surface area contributed by atoms with Crippen LogP contribution in [-0.2, 0) is 4.79 Å². The Kier molecular flexibility index (Phi) is 4.61. The third-order valence-electron chi connectivity index (χ3n) is 4.99. The summed E-state index contributed by atoms with van der Waals surface area (Å²) in [6.45, 7) is 3.84. The summed E-state index contributed by atoms with van der Waals surface area (Å²) in [7, 11) is 0. The molecule has 6 heteroatoms. The average Bonchev–Trinajstić information content (AvgIpc) is 3.11. The number of hydrogen-bond donors (Lipinski definition) is 2. The lowest BCUT2D eigenvalue weighted by Gasteiger charge is -2.36. The van der Waals surface area contributed by atoms with Gasteiger partial charge in [-0.15, -0.1) is 0 Å². The molecule has 2 aromatic heterocycles. The second-order valence-corrected chi connectivity index (χ2v) is 6.83. The number of aromatic nitrogens is 1. The van der Waals surface area contributed by atoms with Crippen molar-refractivity contribution >= 4 is 11.9 Å². The van der Waals surface area contributed by atoms with E-state index in [1.807, 2.05) is 0 Å². The van der Waals surface area contributed by atoms with Gasteiger partial charge < -0.3 is 14.8 Å². The fourth-order valence-corrected chi connectivity index (χ4v) is 3.29. The molecule has 1 saturated carbocycles. The van der Waals surface area contributed by atoms with Gasteiger partial charge in [-0.2, -0.15) is 0 Å². The van der Waals surface area contributed by atoms with Gasteiger partial charge in [-0.1, -0.05) is 6.92 Å². The second kappa shape index (κ2) is 6.70. The second-order valence-electron chi connectivity index (χ2n) is 6.83. The van der Waals surface area contributed by atoms with E-state index in [2.05, 4.69) is 17.2 Å². The van der Waals surface area contributed by atoms with Crippen LogP contribution in [0, 0.1) is 12.8 Å². The molecule has 1 amide bonds. The standard InChI is InChI=1S/C19H22N2O4/c1-12-7-9-19(10-8-12,18(23)24)21-17(22)14-5-6-15(20-13(14)2)16-4-3-11-25-16/h3-6,11-12H,7-10H2,1-2H3,(H,21,22)(H,23,24). The predicted octanol–water partition coefficient (Wildman–Crippen LogP) is 3.41. The minimum Gasteiger partial charge on any atom is -0.480 e. The third-order valence-corrected chi connectivity index (χ3v) is 4.99. The Hall–Kier alpha value is -2.63. The van der Waals surface area contributed by atoms with Crippen LogP contribution in [0.15, 0.2) is 34.9 Å². The molecule has 1 fully saturated rings. The smallest absolute Gasteiger partial charge is 0.329 e. The van der Waals surface area contributed by atoms with Gasteiger partial charge in [0.05, 0.1) is 17.5 Å². The Morgan fingerprint density at radius 2 is 2.00 bits per heavy atom. The maximum atomic E-state index is 12.7.